The van der Waals surface area contributed by atoms with Crippen LogP contribution in [0.15, 0.2) is 14.6 Å². The van der Waals surface area contributed by atoms with Gasteiger partial charge in [-0.3, -0.25) is 4.79 Å². The lowest BCUT2D eigenvalue weighted by Gasteiger charge is -1.97. The van der Waals surface area contributed by atoms with Crippen LogP contribution < -0.4 is 10.2 Å². The largest absolute Gasteiger partial charge is 0.406 e. The van der Waals surface area contributed by atoms with E-state index in [9.17, 15) is 4.79 Å². The summed E-state index contributed by atoms with van der Waals surface area (Å²) < 4.78 is 5.22. The highest BCUT2D eigenvalue weighted by atomic mass is 35.5. The Hall–Kier alpha value is -1.34. The molecule has 2 heterocycles. The Kier molecular flexibility index (Phi) is 3.25. The molecule has 0 aliphatic rings. The molecule has 86 valence electrons. The molecule has 0 aromatic carbocycles. The Labute approximate surface area is 99.7 Å². The molecule has 2 aromatic heterocycles. The van der Waals surface area contributed by atoms with Gasteiger partial charge in [-0.2, -0.15) is 0 Å². The van der Waals surface area contributed by atoms with E-state index in [1.54, 1.807) is 12.3 Å². The predicted octanol–water partition coefficient (Wildman–Crippen LogP) is 1.73. The number of nitrogens with zero attached hydrogens (tertiary/aromatic N) is 2. The average Bonchev–Trinajstić information content (AvgIpc) is 2.83. The number of hydrogen-bond acceptors (Lipinski definition) is 6. The molecule has 2 rings (SSSR count). The zero-order valence-corrected chi connectivity index (χ0v) is 9.93. The van der Waals surface area contributed by atoms with Crippen LogP contribution in [0, 0.1) is 0 Å². The first kappa shape index (κ1) is 11.2. The number of hydrogen-bond donors (Lipinski definition) is 2. The van der Waals surface area contributed by atoms with Gasteiger partial charge in [-0.25, -0.2) is 0 Å². The van der Waals surface area contributed by atoms with E-state index in [0.29, 0.717) is 12.4 Å². The molecule has 0 radical (unpaired) electrons. The summed E-state index contributed by atoms with van der Waals surface area (Å²) in [5, 5.41) is 11.8. The second-order valence-corrected chi connectivity index (χ2v) is 4.59. The summed E-state index contributed by atoms with van der Waals surface area (Å²) in [6, 6.07) is 0.287. The van der Waals surface area contributed by atoms with Gasteiger partial charge in [-0.05, 0) is 6.92 Å². The van der Waals surface area contributed by atoms with Gasteiger partial charge in [0.05, 0.1) is 6.54 Å². The minimum absolute atomic E-state index is 0.0857. The zero-order chi connectivity index (χ0) is 11.5. The van der Waals surface area contributed by atoms with Crippen LogP contribution in [0.5, 0.6) is 0 Å². The van der Waals surface area contributed by atoms with Crippen molar-refractivity contribution in [1.29, 1.82) is 0 Å². The van der Waals surface area contributed by atoms with Crippen molar-refractivity contribution in [2.24, 2.45) is 0 Å². The summed E-state index contributed by atoms with van der Waals surface area (Å²) in [7, 11) is 0. The molecule has 0 spiro atoms. The van der Waals surface area contributed by atoms with Crippen LogP contribution in [-0.4, -0.2) is 15.2 Å². The monoisotopic (exact) mass is 260 g/mol. The number of nitrogens with one attached hydrogen (secondary N) is 2. The third-order valence-corrected chi connectivity index (χ3v) is 2.69. The topological polar surface area (TPSA) is 83.8 Å². The Bertz CT molecular complexity index is 518. The molecular weight excluding hydrogens is 252 g/mol. The van der Waals surface area contributed by atoms with E-state index in [2.05, 4.69) is 20.5 Å². The molecule has 8 heteroatoms. The van der Waals surface area contributed by atoms with Gasteiger partial charge >= 0.3 is 10.9 Å². The lowest BCUT2D eigenvalue weighted by molar-refractivity contribution is 0.505. The van der Waals surface area contributed by atoms with Gasteiger partial charge < -0.3 is 14.7 Å². The average molecular weight is 261 g/mol. The van der Waals surface area contributed by atoms with Gasteiger partial charge in [0.15, 0.2) is 0 Å². The Morgan fingerprint density at radius 2 is 2.50 bits per heavy atom. The van der Waals surface area contributed by atoms with Crippen molar-refractivity contribution in [1.82, 2.24) is 15.2 Å². The fraction of sp³-hybridized carbons (Fsp3) is 0.375. The molecule has 0 fully saturated rings. The fourth-order valence-electron chi connectivity index (χ4n) is 1.04. The smallest absolute Gasteiger partial charge is 0.315 e. The third-order valence-electron chi connectivity index (χ3n) is 1.78. The van der Waals surface area contributed by atoms with Crippen molar-refractivity contribution < 1.29 is 4.42 Å². The van der Waals surface area contributed by atoms with E-state index in [4.69, 9.17) is 16.0 Å². The predicted molar refractivity (Wildman–Crippen MR) is 60.8 cm³/mol. The van der Waals surface area contributed by atoms with E-state index >= 15 is 0 Å². The van der Waals surface area contributed by atoms with Crippen molar-refractivity contribution in [3.05, 3.63) is 26.6 Å². The summed E-state index contributed by atoms with van der Waals surface area (Å²) in [6.07, 6.45) is 0. The lowest BCUT2D eigenvalue weighted by Crippen LogP contribution is -2.02. The number of aromatic amines is 1. The maximum atomic E-state index is 10.9. The summed E-state index contributed by atoms with van der Waals surface area (Å²) in [5.74, 6) is 0.364. The number of halogens is 1. The second kappa shape index (κ2) is 4.67. The highest BCUT2D eigenvalue weighted by Gasteiger charge is 2.10. The first-order valence-corrected chi connectivity index (χ1v) is 5.85. The maximum Gasteiger partial charge on any atom is 0.315 e. The van der Waals surface area contributed by atoms with E-state index in [-0.39, 0.29) is 16.3 Å². The Balaban J connectivity index is 1.97. The molecular formula is C8H9ClN4O2S. The number of alkyl halides is 1. The third kappa shape index (κ3) is 2.61. The van der Waals surface area contributed by atoms with Crippen LogP contribution in [0.2, 0.25) is 0 Å². The van der Waals surface area contributed by atoms with E-state index in [1.165, 1.54) is 0 Å². The summed E-state index contributed by atoms with van der Waals surface area (Å²) in [6.45, 7) is 2.17. The molecule has 0 aliphatic heterocycles. The van der Waals surface area contributed by atoms with Gasteiger partial charge in [0.1, 0.15) is 5.38 Å². The highest BCUT2D eigenvalue weighted by molar-refractivity contribution is 7.07. The summed E-state index contributed by atoms with van der Waals surface area (Å²) in [4.78, 5) is 13.4. The number of anilines is 1. The van der Waals surface area contributed by atoms with Gasteiger partial charge in [-0.1, -0.05) is 16.4 Å². The second-order valence-electron chi connectivity index (χ2n) is 3.09. The van der Waals surface area contributed by atoms with Crippen LogP contribution in [0.4, 0.5) is 6.01 Å². The molecule has 1 unspecified atom stereocenters. The van der Waals surface area contributed by atoms with Crippen molar-refractivity contribution in [2.45, 2.75) is 18.8 Å². The molecule has 0 aliphatic carbocycles. The number of aromatic nitrogens is 3. The molecule has 0 bridgehead atoms. The zero-order valence-electron chi connectivity index (χ0n) is 8.36. The number of thiazole rings is 1. The Morgan fingerprint density at radius 1 is 1.69 bits per heavy atom. The van der Waals surface area contributed by atoms with Crippen molar-refractivity contribution in [3.63, 3.8) is 0 Å². The molecule has 1 atom stereocenters. The summed E-state index contributed by atoms with van der Waals surface area (Å²) in [5.41, 5.74) is 0.772. The van der Waals surface area contributed by atoms with Crippen LogP contribution in [0.1, 0.15) is 23.9 Å². The van der Waals surface area contributed by atoms with Gasteiger partial charge in [0.2, 0.25) is 5.89 Å². The molecule has 0 amide bonds. The van der Waals surface area contributed by atoms with Gasteiger partial charge in [-0.15, -0.1) is 16.7 Å². The quantitative estimate of drug-likeness (QED) is 0.818. The molecule has 0 saturated heterocycles. The standard InChI is InChI=1S/C8H9ClN4O2S/c1-4(9)6-12-13-7(15-6)10-2-5-3-16-8(14)11-5/h3-4H,2H2,1H3,(H,10,13)(H,11,14). The molecule has 2 aromatic rings. The van der Waals surface area contributed by atoms with Crippen LogP contribution in [-0.2, 0) is 6.54 Å². The van der Waals surface area contributed by atoms with Crippen LogP contribution in [0.25, 0.3) is 0 Å². The van der Waals surface area contributed by atoms with Crippen molar-refractivity contribution in [3.8, 4) is 0 Å². The lowest BCUT2D eigenvalue weighted by atomic mass is 10.5. The van der Waals surface area contributed by atoms with E-state index < -0.39 is 0 Å². The van der Waals surface area contributed by atoms with Gasteiger partial charge in [0, 0.05) is 11.1 Å². The van der Waals surface area contributed by atoms with Crippen molar-refractivity contribution >= 4 is 29.0 Å². The first-order valence-electron chi connectivity index (χ1n) is 4.53. The van der Waals surface area contributed by atoms with Crippen molar-refractivity contribution in [2.75, 3.05) is 5.32 Å². The Morgan fingerprint density at radius 3 is 3.06 bits per heavy atom. The van der Waals surface area contributed by atoms with Gasteiger partial charge in [0.25, 0.3) is 0 Å². The number of H-pyrrole nitrogens is 1. The normalized spacial score (nSPS) is 12.6. The number of rotatable bonds is 4. The minimum Gasteiger partial charge on any atom is -0.406 e. The van der Waals surface area contributed by atoms with Crippen LogP contribution in [0.3, 0.4) is 0 Å². The summed E-state index contributed by atoms with van der Waals surface area (Å²) >= 11 is 6.88. The van der Waals surface area contributed by atoms with E-state index in [1.807, 2.05) is 0 Å². The first-order chi connectivity index (χ1) is 7.65. The minimum atomic E-state index is -0.316. The molecule has 6 nitrogen and oxygen atoms in total. The molecule has 16 heavy (non-hydrogen) atoms. The van der Waals surface area contributed by atoms with Crippen LogP contribution >= 0.6 is 22.9 Å². The molecule has 2 N–H and O–H groups in total. The fourth-order valence-corrected chi connectivity index (χ4v) is 1.71. The SMILES string of the molecule is CC(Cl)c1nnc(NCc2csc(=O)[nH]2)o1. The maximum absolute atomic E-state index is 10.9. The highest BCUT2D eigenvalue weighted by Crippen LogP contribution is 2.19. The molecule has 0 saturated carbocycles. The van der Waals surface area contributed by atoms with E-state index in [0.717, 1.165) is 17.0 Å².